The van der Waals surface area contributed by atoms with Gasteiger partial charge in [-0.25, -0.2) is 0 Å². The summed E-state index contributed by atoms with van der Waals surface area (Å²) >= 11 is 0. The molecule has 2 heterocycles. The van der Waals surface area contributed by atoms with E-state index < -0.39 is 0 Å². The molecule has 0 radical (unpaired) electrons. The number of nitrogens with zero attached hydrogens (tertiary/aromatic N) is 1. The summed E-state index contributed by atoms with van der Waals surface area (Å²) < 4.78 is 11.9. The first-order valence-electron chi connectivity index (χ1n) is 12.5. The minimum absolute atomic E-state index is 0.0626. The molecule has 1 aliphatic carbocycles. The lowest BCUT2D eigenvalue weighted by molar-refractivity contribution is 0.0899. The number of likely N-dealkylation sites (tertiary alicyclic amines) is 1. The van der Waals surface area contributed by atoms with Gasteiger partial charge < -0.3 is 19.4 Å². The van der Waals surface area contributed by atoms with Gasteiger partial charge in [0.2, 0.25) is 0 Å². The molecule has 5 nitrogen and oxygen atoms in total. The van der Waals surface area contributed by atoms with Crippen molar-refractivity contribution in [2.75, 3.05) is 19.6 Å². The zero-order valence-corrected chi connectivity index (χ0v) is 19.2. The second-order valence-electron chi connectivity index (χ2n) is 9.60. The summed E-state index contributed by atoms with van der Waals surface area (Å²) in [5.74, 6) is 1.72. The van der Waals surface area contributed by atoms with Gasteiger partial charge in [0.15, 0.2) is 5.75 Å². The average molecular weight is 447 g/mol. The fourth-order valence-electron chi connectivity index (χ4n) is 5.29. The van der Waals surface area contributed by atoms with Gasteiger partial charge in [0.1, 0.15) is 18.0 Å². The van der Waals surface area contributed by atoms with E-state index in [-0.39, 0.29) is 12.0 Å². The van der Waals surface area contributed by atoms with Crippen LogP contribution in [0.2, 0.25) is 0 Å². The number of hydrogen-bond acceptors (Lipinski definition) is 4. The van der Waals surface area contributed by atoms with Crippen molar-refractivity contribution in [1.29, 1.82) is 0 Å². The molecule has 1 amide bonds. The molecule has 1 saturated carbocycles. The van der Waals surface area contributed by atoms with Crippen LogP contribution < -0.4 is 10.1 Å². The second kappa shape index (κ2) is 10.4. The number of para-hydroxylation sites is 1. The zero-order valence-electron chi connectivity index (χ0n) is 19.2. The Hall–Kier alpha value is -2.79. The van der Waals surface area contributed by atoms with E-state index in [1.165, 1.54) is 25.8 Å². The number of piperidine rings is 1. The highest BCUT2D eigenvalue weighted by Gasteiger charge is 2.25. The highest BCUT2D eigenvalue weighted by Crippen LogP contribution is 2.31. The number of nitrogens with one attached hydrogen (secondary N) is 1. The number of carbonyl (C=O) groups excluding carboxylic acids is 1. The summed E-state index contributed by atoms with van der Waals surface area (Å²) in [7, 11) is 0. The van der Waals surface area contributed by atoms with Crippen LogP contribution in [0, 0.1) is 5.92 Å². The number of carbonyl (C=O) groups is 1. The number of amides is 1. The van der Waals surface area contributed by atoms with Crippen molar-refractivity contribution in [2.45, 2.75) is 57.1 Å². The predicted molar refractivity (Wildman–Crippen MR) is 131 cm³/mol. The van der Waals surface area contributed by atoms with E-state index in [9.17, 15) is 4.79 Å². The molecule has 1 aliphatic heterocycles. The van der Waals surface area contributed by atoms with Crippen molar-refractivity contribution < 1.29 is 13.9 Å². The Morgan fingerprint density at radius 2 is 1.67 bits per heavy atom. The fourth-order valence-corrected chi connectivity index (χ4v) is 5.29. The van der Waals surface area contributed by atoms with Gasteiger partial charge in [-0.15, -0.1) is 0 Å². The van der Waals surface area contributed by atoms with Crippen molar-refractivity contribution in [3.8, 4) is 5.75 Å². The Morgan fingerprint density at radius 1 is 0.939 bits per heavy atom. The molecule has 2 aliphatic rings. The standard InChI is InChI=1S/C28H34N2O3/c31-28(22-6-2-1-3-7-22)29-23-12-10-21(11-13-23)14-17-30-18-15-24(16-19-30)33-27-20-32-26-9-5-4-8-25(26)27/h1-9,20-21,23-24H,10-19H2,(H,29,31). The number of furan rings is 1. The molecule has 33 heavy (non-hydrogen) atoms. The smallest absolute Gasteiger partial charge is 0.251 e. The van der Waals surface area contributed by atoms with Crippen LogP contribution >= 0.6 is 0 Å². The molecular weight excluding hydrogens is 412 g/mol. The van der Waals surface area contributed by atoms with Gasteiger partial charge in [-0.3, -0.25) is 4.79 Å². The predicted octanol–water partition coefficient (Wildman–Crippen LogP) is 5.65. The SMILES string of the molecule is O=C(NC1CCC(CCN2CCC(Oc3coc4ccccc34)CC2)CC1)c1ccccc1. The summed E-state index contributed by atoms with van der Waals surface area (Å²) in [6, 6.07) is 17.9. The molecule has 5 rings (SSSR count). The third-order valence-electron chi connectivity index (χ3n) is 7.35. The number of fused-ring (bicyclic) bond motifs is 1. The number of hydrogen-bond donors (Lipinski definition) is 1. The Balaban J connectivity index is 0.998. The van der Waals surface area contributed by atoms with Crippen molar-refractivity contribution in [2.24, 2.45) is 5.92 Å². The van der Waals surface area contributed by atoms with Gasteiger partial charge in [-0.1, -0.05) is 30.3 Å². The summed E-state index contributed by atoms with van der Waals surface area (Å²) in [4.78, 5) is 15.0. The van der Waals surface area contributed by atoms with Gasteiger partial charge in [0, 0.05) is 24.7 Å². The van der Waals surface area contributed by atoms with Crippen LogP contribution in [0.25, 0.3) is 11.0 Å². The molecule has 174 valence electrons. The number of ether oxygens (including phenoxy) is 1. The molecule has 0 unspecified atom stereocenters. The maximum Gasteiger partial charge on any atom is 0.251 e. The first kappa shape index (κ1) is 22.0. The lowest BCUT2D eigenvalue weighted by Gasteiger charge is -2.34. The van der Waals surface area contributed by atoms with E-state index in [2.05, 4.69) is 16.3 Å². The van der Waals surface area contributed by atoms with Crippen molar-refractivity contribution in [3.63, 3.8) is 0 Å². The van der Waals surface area contributed by atoms with Gasteiger partial charge in [0.25, 0.3) is 5.91 Å². The maximum absolute atomic E-state index is 12.4. The largest absolute Gasteiger partial charge is 0.486 e. The van der Waals surface area contributed by atoms with Gasteiger partial charge >= 0.3 is 0 Å². The molecule has 0 atom stereocenters. The third-order valence-corrected chi connectivity index (χ3v) is 7.35. The highest BCUT2D eigenvalue weighted by molar-refractivity contribution is 5.94. The molecule has 5 heteroatoms. The van der Waals surface area contributed by atoms with E-state index in [4.69, 9.17) is 9.15 Å². The van der Waals surface area contributed by atoms with Crippen molar-refractivity contribution in [1.82, 2.24) is 10.2 Å². The summed E-state index contributed by atoms with van der Waals surface area (Å²) in [5.41, 5.74) is 1.65. The second-order valence-corrected chi connectivity index (χ2v) is 9.60. The molecule has 1 saturated heterocycles. The van der Waals surface area contributed by atoms with Crippen LogP contribution in [0.15, 0.2) is 65.3 Å². The van der Waals surface area contributed by atoms with Crippen LogP contribution in [0.5, 0.6) is 5.75 Å². The average Bonchev–Trinajstić information content (AvgIpc) is 3.28. The van der Waals surface area contributed by atoms with E-state index in [1.807, 2.05) is 48.5 Å². The zero-order chi connectivity index (χ0) is 22.5. The first-order chi connectivity index (χ1) is 16.2. The van der Waals surface area contributed by atoms with Crippen LogP contribution in [0.1, 0.15) is 55.3 Å². The van der Waals surface area contributed by atoms with Crippen molar-refractivity contribution >= 4 is 16.9 Å². The van der Waals surface area contributed by atoms with Crippen LogP contribution in [0.3, 0.4) is 0 Å². The molecule has 3 aromatic rings. The quantitative estimate of drug-likeness (QED) is 0.509. The molecule has 0 bridgehead atoms. The summed E-state index contributed by atoms with van der Waals surface area (Å²) in [6.07, 6.45) is 10.0. The van der Waals surface area contributed by atoms with Crippen LogP contribution in [0.4, 0.5) is 0 Å². The van der Waals surface area contributed by atoms with Gasteiger partial charge in [0.05, 0.1) is 5.39 Å². The molecular formula is C28H34N2O3. The third kappa shape index (κ3) is 5.59. The van der Waals surface area contributed by atoms with E-state index in [0.717, 1.165) is 67.0 Å². The first-order valence-corrected chi connectivity index (χ1v) is 12.5. The Morgan fingerprint density at radius 3 is 2.45 bits per heavy atom. The molecule has 2 aromatic carbocycles. The molecule has 0 spiro atoms. The topological polar surface area (TPSA) is 54.7 Å². The highest BCUT2D eigenvalue weighted by atomic mass is 16.5. The molecule has 1 aromatic heterocycles. The molecule has 1 N–H and O–H groups in total. The van der Waals surface area contributed by atoms with Gasteiger partial charge in [-0.2, -0.15) is 0 Å². The van der Waals surface area contributed by atoms with Crippen molar-refractivity contribution in [3.05, 3.63) is 66.4 Å². The minimum Gasteiger partial charge on any atom is -0.486 e. The summed E-state index contributed by atoms with van der Waals surface area (Å²) in [6.45, 7) is 3.37. The van der Waals surface area contributed by atoms with E-state index >= 15 is 0 Å². The monoisotopic (exact) mass is 446 g/mol. The Labute approximate surface area is 196 Å². The van der Waals surface area contributed by atoms with Gasteiger partial charge in [-0.05, 0) is 81.7 Å². The van der Waals surface area contributed by atoms with E-state index in [0.29, 0.717) is 6.04 Å². The fraction of sp³-hybridized carbons (Fsp3) is 0.464. The normalized spacial score (nSPS) is 22.3. The minimum atomic E-state index is 0.0626. The summed E-state index contributed by atoms with van der Waals surface area (Å²) in [5, 5.41) is 4.29. The lowest BCUT2D eigenvalue weighted by Crippen LogP contribution is -2.40. The maximum atomic E-state index is 12.4. The lowest BCUT2D eigenvalue weighted by atomic mass is 9.84. The number of rotatable bonds is 7. The van der Waals surface area contributed by atoms with Crippen LogP contribution in [-0.2, 0) is 0 Å². The molecule has 2 fully saturated rings. The Kier molecular flexibility index (Phi) is 6.96. The van der Waals surface area contributed by atoms with Crippen LogP contribution in [-0.4, -0.2) is 42.6 Å². The Bertz CT molecular complexity index is 1030. The van der Waals surface area contributed by atoms with E-state index in [1.54, 1.807) is 6.26 Å². The number of benzene rings is 2.